The average molecular weight is 206 g/mol. The molecule has 1 N–H and O–H groups in total. The van der Waals surface area contributed by atoms with Gasteiger partial charge in [-0.3, -0.25) is 4.98 Å². The number of nitrogens with one attached hydrogen (secondary N) is 1. The molecule has 0 spiro atoms. The minimum Gasteiger partial charge on any atom is -0.313 e. The Morgan fingerprint density at radius 3 is 2.60 bits per heavy atom. The van der Waals surface area contributed by atoms with Crippen molar-refractivity contribution >= 4 is 0 Å². The van der Waals surface area contributed by atoms with Crippen molar-refractivity contribution in [3.05, 3.63) is 29.6 Å². The summed E-state index contributed by atoms with van der Waals surface area (Å²) in [6.07, 6.45) is 4.47. The van der Waals surface area contributed by atoms with Gasteiger partial charge in [-0.15, -0.1) is 0 Å². The Kier molecular flexibility index (Phi) is 4.76. The number of hydrogen-bond donors (Lipinski definition) is 1. The summed E-state index contributed by atoms with van der Waals surface area (Å²) < 4.78 is 0. The van der Waals surface area contributed by atoms with Crippen LogP contribution in [0.1, 0.15) is 44.0 Å². The van der Waals surface area contributed by atoms with Crippen LogP contribution in [0.3, 0.4) is 0 Å². The number of hydrogen-bond acceptors (Lipinski definition) is 2. The van der Waals surface area contributed by atoms with Crippen molar-refractivity contribution in [3.63, 3.8) is 0 Å². The van der Waals surface area contributed by atoms with Gasteiger partial charge in [0.15, 0.2) is 0 Å². The lowest BCUT2D eigenvalue weighted by molar-refractivity contribution is 0.383. The summed E-state index contributed by atoms with van der Waals surface area (Å²) >= 11 is 0. The molecule has 0 bridgehead atoms. The molecule has 2 nitrogen and oxygen atoms in total. The zero-order chi connectivity index (χ0) is 11.3. The van der Waals surface area contributed by atoms with Crippen LogP contribution in [0.4, 0.5) is 0 Å². The monoisotopic (exact) mass is 206 g/mol. The number of pyridine rings is 1. The molecule has 15 heavy (non-hydrogen) atoms. The first-order valence-electron chi connectivity index (χ1n) is 5.78. The average Bonchev–Trinajstić information content (AvgIpc) is 2.22. The molecule has 2 heteroatoms. The van der Waals surface area contributed by atoms with Crippen molar-refractivity contribution in [3.8, 4) is 0 Å². The van der Waals surface area contributed by atoms with E-state index in [0.717, 1.165) is 5.69 Å². The van der Waals surface area contributed by atoms with Gasteiger partial charge < -0.3 is 5.32 Å². The fourth-order valence-corrected chi connectivity index (χ4v) is 2.06. The van der Waals surface area contributed by atoms with Crippen molar-refractivity contribution in [2.75, 3.05) is 7.05 Å². The van der Waals surface area contributed by atoms with E-state index < -0.39 is 0 Å². The summed E-state index contributed by atoms with van der Waals surface area (Å²) in [5.41, 5.74) is 2.38. The molecule has 0 saturated heterocycles. The second-order valence-electron chi connectivity index (χ2n) is 4.27. The maximum Gasteiger partial charge on any atom is 0.0372 e. The molecule has 0 radical (unpaired) electrons. The third-order valence-electron chi connectivity index (χ3n) is 2.92. The van der Waals surface area contributed by atoms with Crippen molar-refractivity contribution in [1.29, 1.82) is 0 Å². The van der Waals surface area contributed by atoms with E-state index in [1.165, 1.54) is 18.4 Å². The topological polar surface area (TPSA) is 24.9 Å². The lowest BCUT2D eigenvalue weighted by atomic mass is 9.92. The smallest absolute Gasteiger partial charge is 0.0372 e. The van der Waals surface area contributed by atoms with Gasteiger partial charge in [-0.25, -0.2) is 0 Å². The van der Waals surface area contributed by atoms with Gasteiger partial charge in [0.05, 0.1) is 0 Å². The van der Waals surface area contributed by atoms with Crippen molar-refractivity contribution < 1.29 is 0 Å². The molecular formula is C13H22N2. The Labute approximate surface area is 93.1 Å². The Morgan fingerprint density at radius 1 is 1.40 bits per heavy atom. The molecule has 0 aliphatic carbocycles. The number of aryl methyl sites for hydroxylation is 1. The highest BCUT2D eigenvalue weighted by Gasteiger charge is 2.16. The maximum absolute atomic E-state index is 4.35. The molecule has 0 aliphatic rings. The Hall–Kier alpha value is -0.890. The zero-order valence-electron chi connectivity index (χ0n) is 10.2. The summed E-state index contributed by atoms with van der Waals surface area (Å²) in [4.78, 5) is 4.35. The highest BCUT2D eigenvalue weighted by Crippen LogP contribution is 2.24. The molecule has 2 atom stereocenters. The molecule has 1 rings (SSSR count). The minimum atomic E-state index is 0.429. The Morgan fingerprint density at radius 2 is 2.13 bits per heavy atom. The van der Waals surface area contributed by atoms with Crippen LogP contribution in [0.25, 0.3) is 0 Å². The molecule has 1 aromatic rings. The van der Waals surface area contributed by atoms with Gasteiger partial charge in [0.1, 0.15) is 0 Å². The van der Waals surface area contributed by atoms with Crippen LogP contribution in [0.2, 0.25) is 0 Å². The van der Waals surface area contributed by atoms with Gasteiger partial charge in [-0.2, -0.15) is 0 Å². The first kappa shape index (κ1) is 12.2. The highest BCUT2D eigenvalue weighted by atomic mass is 14.9. The van der Waals surface area contributed by atoms with Gasteiger partial charge >= 0.3 is 0 Å². The molecule has 0 fully saturated rings. The quantitative estimate of drug-likeness (QED) is 0.800. The lowest BCUT2D eigenvalue weighted by Crippen LogP contribution is -2.23. The molecule has 2 unspecified atom stereocenters. The third-order valence-corrected chi connectivity index (χ3v) is 2.92. The molecule has 0 saturated carbocycles. The van der Waals surface area contributed by atoms with Crippen molar-refractivity contribution in [2.24, 2.45) is 5.92 Å². The fourth-order valence-electron chi connectivity index (χ4n) is 2.06. The lowest BCUT2D eigenvalue weighted by Gasteiger charge is -2.23. The molecule has 1 aromatic heterocycles. The van der Waals surface area contributed by atoms with E-state index in [4.69, 9.17) is 0 Å². The summed E-state index contributed by atoms with van der Waals surface area (Å²) in [6.45, 7) is 6.55. The van der Waals surface area contributed by atoms with Crippen LogP contribution in [-0.4, -0.2) is 12.0 Å². The summed E-state index contributed by atoms with van der Waals surface area (Å²) in [5, 5.41) is 3.38. The SMILES string of the molecule is CCCC(C)C(NC)c1ccc(C)nc1. The second kappa shape index (κ2) is 5.86. The van der Waals surface area contributed by atoms with E-state index >= 15 is 0 Å². The minimum absolute atomic E-state index is 0.429. The van der Waals surface area contributed by atoms with Crippen LogP contribution in [0.5, 0.6) is 0 Å². The predicted octanol–water partition coefficient (Wildman–Crippen LogP) is 3.09. The van der Waals surface area contributed by atoms with E-state index in [1.54, 1.807) is 0 Å². The van der Waals surface area contributed by atoms with Gasteiger partial charge in [0, 0.05) is 17.9 Å². The number of rotatable bonds is 5. The van der Waals surface area contributed by atoms with E-state index in [1.807, 2.05) is 20.2 Å². The summed E-state index contributed by atoms with van der Waals surface area (Å²) in [6, 6.07) is 4.69. The molecule has 1 heterocycles. The van der Waals surface area contributed by atoms with Crippen LogP contribution in [0, 0.1) is 12.8 Å². The molecule has 84 valence electrons. The number of aromatic nitrogens is 1. The van der Waals surface area contributed by atoms with Crippen LogP contribution >= 0.6 is 0 Å². The summed E-state index contributed by atoms with van der Waals surface area (Å²) in [7, 11) is 2.02. The third kappa shape index (κ3) is 3.31. The van der Waals surface area contributed by atoms with Gasteiger partial charge in [-0.1, -0.05) is 26.3 Å². The van der Waals surface area contributed by atoms with Crippen LogP contribution in [0.15, 0.2) is 18.3 Å². The highest BCUT2D eigenvalue weighted by molar-refractivity contribution is 5.17. The first-order valence-corrected chi connectivity index (χ1v) is 5.78. The second-order valence-corrected chi connectivity index (χ2v) is 4.27. The van der Waals surface area contributed by atoms with E-state index in [0.29, 0.717) is 12.0 Å². The van der Waals surface area contributed by atoms with Gasteiger partial charge in [0.25, 0.3) is 0 Å². The molecule has 0 aromatic carbocycles. The van der Waals surface area contributed by atoms with Gasteiger partial charge in [-0.05, 0) is 37.9 Å². The predicted molar refractivity (Wildman–Crippen MR) is 64.8 cm³/mol. The molecule has 0 amide bonds. The van der Waals surface area contributed by atoms with Crippen LogP contribution in [-0.2, 0) is 0 Å². The van der Waals surface area contributed by atoms with Crippen molar-refractivity contribution in [2.45, 2.75) is 39.7 Å². The van der Waals surface area contributed by atoms with Gasteiger partial charge in [0.2, 0.25) is 0 Å². The summed E-state index contributed by atoms with van der Waals surface area (Å²) in [5.74, 6) is 0.657. The first-order chi connectivity index (χ1) is 7.19. The Bertz CT molecular complexity index is 279. The fraction of sp³-hybridized carbons (Fsp3) is 0.615. The van der Waals surface area contributed by atoms with Crippen LogP contribution < -0.4 is 5.32 Å². The zero-order valence-corrected chi connectivity index (χ0v) is 10.2. The largest absolute Gasteiger partial charge is 0.313 e. The molecular weight excluding hydrogens is 184 g/mol. The van der Waals surface area contributed by atoms with E-state index in [2.05, 4.69) is 36.3 Å². The standard InChI is InChI=1S/C13H22N2/c1-5-6-10(2)13(14-4)12-8-7-11(3)15-9-12/h7-10,13-14H,5-6H2,1-4H3. The number of nitrogens with zero attached hydrogens (tertiary/aromatic N) is 1. The molecule has 0 aliphatic heterocycles. The van der Waals surface area contributed by atoms with E-state index in [9.17, 15) is 0 Å². The van der Waals surface area contributed by atoms with Crippen molar-refractivity contribution in [1.82, 2.24) is 10.3 Å². The Balaban J connectivity index is 2.77. The van der Waals surface area contributed by atoms with E-state index in [-0.39, 0.29) is 0 Å². The maximum atomic E-state index is 4.35. The normalized spacial score (nSPS) is 14.9.